The maximum absolute atomic E-state index is 13.4. The number of nitrogens with zero attached hydrogens (tertiary/aromatic N) is 1. The topological polar surface area (TPSA) is 70.2 Å². The zero-order valence-electron chi connectivity index (χ0n) is 14.3. The SMILES string of the molecule is O=C1[C@H]2[C@@H](c3ccccc3)c3sc(=O)[nH]c3S[C@@H]2C(=O)N1c1ccc(Br)cc1. The number of rotatable bonds is 2. The molecule has 2 aliphatic rings. The molecule has 8 heteroatoms. The second-order valence-corrected chi connectivity index (χ2v) is 9.73. The van der Waals surface area contributed by atoms with Crippen molar-refractivity contribution in [1.29, 1.82) is 0 Å². The summed E-state index contributed by atoms with van der Waals surface area (Å²) in [7, 11) is 0. The van der Waals surface area contributed by atoms with Crippen LogP contribution < -0.4 is 9.77 Å². The van der Waals surface area contributed by atoms with Crippen molar-refractivity contribution in [2.75, 3.05) is 4.90 Å². The fraction of sp³-hybridized carbons (Fsp3) is 0.150. The van der Waals surface area contributed by atoms with Crippen molar-refractivity contribution in [1.82, 2.24) is 4.98 Å². The van der Waals surface area contributed by atoms with E-state index in [1.165, 1.54) is 16.7 Å². The lowest BCUT2D eigenvalue weighted by Crippen LogP contribution is -2.32. The first-order valence-corrected chi connectivity index (χ1v) is 11.1. The molecule has 0 unspecified atom stereocenters. The molecule has 0 radical (unpaired) electrons. The van der Waals surface area contributed by atoms with Gasteiger partial charge in [0, 0.05) is 15.3 Å². The lowest BCUT2D eigenvalue weighted by atomic mass is 9.83. The highest BCUT2D eigenvalue weighted by Crippen LogP contribution is 2.53. The summed E-state index contributed by atoms with van der Waals surface area (Å²) in [6.07, 6.45) is 0. The zero-order valence-corrected chi connectivity index (χ0v) is 17.5. The van der Waals surface area contributed by atoms with E-state index in [-0.39, 0.29) is 22.6 Å². The van der Waals surface area contributed by atoms with Crippen LogP contribution in [0.2, 0.25) is 0 Å². The van der Waals surface area contributed by atoms with Gasteiger partial charge in [-0.3, -0.25) is 14.4 Å². The van der Waals surface area contributed by atoms with E-state index in [4.69, 9.17) is 0 Å². The minimum absolute atomic E-state index is 0.164. The lowest BCUT2D eigenvalue weighted by molar-refractivity contribution is -0.122. The third-order valence-electron chi connectivity index (χ3n) is 5.07. The van der Waals surface area contributed by atoms with Crippen LogP contribution in [0, 0.1) is 5.92 Å². The molecule has 1 aromatic heterocycles. The number of halogens is 1. The summed E-state index contributed by atoms with van der Waals surface area (Å²) >= 11 is 5.80. The van der Waals surface area contributed by atoms with Gasteiger partial charge in [-0.15, -0.1) is 0 Å². The molecule has 2 amide bonds. The number of amides is 2. The van der Waals surface area contributed by atoms with Crippen LogP contribution in [-0.4, -0.2) is 22.0 Å². The number of hydrogen-bond donors (Lipinski definition) is 1. The predicted molar refractivity (Wildman–Crippen MR) is 113 cm³/mol. The van der Waals surface area contributed by atoms with Gasteiger partial charge in [-0.1, -0.05) is 69.4 Å². The van der Waals surface area contributed by atoms with Crippen molar-refractivity contribution in [2.45, 2.75) is 16.2 Å². The highest BCUT2D eigenvalue weighted by atomic mass is 79.9. The second-order valence-electron chi connectivity index (χ2n) is 6.65. The number of imide groups is 1. The number of thiazole rings is 1. The zero-order chi connectivity index (χ0) is 19.4. The Morgan fingerprint density at radius 1 is 0.929 bits per heavy atom. The number of nitrogens with one attached hydrogen (secondary N) is 1. The Kier molecular flexibility index (Phi) is 4.30. The monoisotopic (exact) mass is 472 g/mol. The van der Waals surface area contributed by atoms with Crippen LogP contribution in [0.25, 0.3) is 0 Å². The predicted octanol–water partition coefficient (Wildman–Crippen LogP) is 3.99. The summed E-state index contributed by atoms with van der Waals surface area (Å²) < 4.78 is 0.879. The van der Waals surface area contributed by atoms with Gasteiger partial charge in [0.15, 0.2) is 0 Å². The fourth-order valence-electron chi connectivity index (χ4n) is 3.88. The van der Waals surface area contributed by atoms with E-state index < -0.39 is 11.2 Å². The molecule has 1 N–H and O–H groups in total. The number of benzene rings is 2. The highest BCUT2D eigenvalue weighted by Gasteiger charge is 2.56. The summed E-state index contributed by atoms with van der Waals surface area (Å²) in [5.41, 5.74) is 1.50. The molecule has 0 saturated carbocycles. The second kappa shape index (κ2) is 6.72. The molecule has 28 heavy (non-hydrogen) atoms. The molecule has 0 bridgehead atoms. The van der Waals surface area contributed by atoms with Crippen molar-refractivity contribution in [3.63, 3.8) is 0 Å². The number of aromatic amines is 1. The Morgan fingerprint density at radius 2 is 1.64 bits per heavy atom. The minimum atomic E-state index is -0.556. The molecule has 140 valence electrons. The van der Waals surface area contributed by atoms with Crippen molar-refractivity contribution < 1.29 is 9.59 Å². The number of anilines is 1. The Labute approximate surface area is 176 Å². The van der Waals surface area contributed by atoms with Gasteiger partial charge in [0.25, 0.3) is 0 Å². The van der Waals surface area contributed by atoms with Crippen molar-refractivity contribution in [3.05, 3.63) is 79.2 Å². The third-order valence-corrected chi connectivity index (χ3v) is 8.00. The van der Waals surface area contributed by atoms with Gasteiger partial charge >= 0.3 is 4.87 Å². The van der Waals surface area contributed by atoms with Crippen LogP contribution in [0.1, 0.15) is 16.4 Å². The molecule has 3 heterocycles. The van der Waals surface area contributed by atoms with Crippen LogP contribution in [0.4, 0.5) is 5.69 Å². The summed E-state index contributed by atoms with van der Waals surface area (Å²) in [5.74, 6) is -1.31. The van der Waals surface area contributed by atoms with Crippen LogP contribution in [-0.2, 0) is 9.59 Å². The molecular weight excluding hydrogens is 460 g/mol. The summed E-state index contributed by atoms with van der Waals surface area (Å²) in [6, 6.07) is 16.8. The number of carbonyl (C=O) groups is 2. The number of carbonyl (C=O) groups excluding carboxylic acids is 2. The van der Waals surface area contributed by atoms with E-state index in [9.17, 15) is 14.4 Å². The lowest BCUT2D eigenvalue weighted by Gasteiger charge is -2.29. The Hall–Kier alpha value is -2.16. The quantitative estimate of drug-likeness (QED) is 0.572. The van der Waals surface area contributed by atoms with Crippen LogP contribution in [0.5, 0.6) is 0 Å². The first-order valence-electron chi connectivity index (χ1n) is 8.62. The summed E-state index contributed by atoms with van der Waals surface area (Å²) in [5, 5.41) is 0.142. The molecule has 3 aromatic rings. The summed E-state index contributed by atoms with van der Waals surface area (Å²) in [4.78, 5) is 43.4. The number of fused-ring (bicyclic) bond motifs is 2. The van der Waals surface area contributed by atoms with E-state index >= 15 is 0 Å². The van der Waals surface area contributed by atoms with Gasteiger partial charge in [-0.2, -0.15) is 0 Å². The van der Waals surface area contributed by atoms with E-state index in [1.807, 2.05) is 42.5 Å². The molecule has 5 rings (SSSR count). The maximum Gasteiger partial charge on any atom is 0.305 e. The normalized spacial score (nSPS) is 23.6. The summed E-state index contributed by atoms with van der Waals surface area (Å²) in [6.45, 7) is 0. The van der Waals surface area contributed by atoms with Gasteiger partial charge in [0.05, 0.1) is 16.6 Å². The first-order chi connectivity index (χ1) is 13.5. The van der Waals surface area contributed by atoms with Crippen LogP contribution in [0.3, 0.4) is 0 Å². The molecule has 2 aliphatic heterocycles. The van der Waals surface area contributed by atoms with Gasteiger partial charge in [0.2, 0.25) is 11.8 Å². The molecule has 1 fully saturated rings. The highest BCUT2D eigenvalue weighted by molar-refractivity contribution is 9.10. The van der Waals surface area contributed by atoms with Crippen molar-refractivity contribution >= 4 is 56.5 Å². The standard InChI is InChI=1S/C20H13BrN2O3S2/c21-11-6-8-12(9-7-11)23-18(24)14-13(10-4-2-1-3-5-10)15-17(22-20(26)28-15)27-16(14)19(23)25/h1-9,13-14,16H,(H,22,26)/t13-,14+,16+/m1/s1. The van der Waals surface area contributed by atoms with Gasteiger partial charge < -0.3 is 4.98 Å². The molecule has 0 aliphatic carbocycles. The van der Waals surface area contributed by atoms with E-state index in [2.05, 4.69) is 20.9 Å². The van der Waals surface area contributed by atoms with Crippen LogP contribution in [0.15, 0.2) is 68.9 Å². The van der Waals surface area contributed by atoms with E-state index in [0.717, 1.165) is 26.3 Å². The van der Waals surface area contributed by atoms with Gasteiger partial charge in [0.1, 0.15) is 5.25 Å². The first kappa shape index (κ1) is 17.9. The Bertz CT molecular complexity index is 1140. The maximum atomic E-state index is 13.4. The molecular formula is C20H13BrN2O3S2. The largest absolute Gasteiger partial charge is 0.307 e. The Balaban J connectivity index is 1.65. The number of thioether (sulfide) groups is 1. The minimum Gasteiger partial charge on any atom is -0.307 e. The molecule has 0 spiro atoms. The fourth-order valence-corrected chi connectivity index (χ4v) is 6.66. The van der Waals surface area contributed by atoms with Gasteiger partial charge in [-0.05, 0) is 29.8 Å². The average Bonchev–Trinajstić information content (AvgIpc) is 3.18. The number of hydrogen-bond acceptors (Lipinski definition) is 5. The molecule has 1 saturated heterocycles. The average molecular weight is 473 g/mol. The van der Waals surface area contributed by atoms with Gasteiger partial charge in [-0.25, -0.2) is 4.90 Å². The third kappa shape index (κ3) is 2.70. The van der Waals surface area contributed by atoms with E-state index in [0.29, 0.717) is 10.7 Å². The number of aromatic nitrogens is 1. The Morgan fingerprint density at radius 3 is 2.36 bits per heavy atom. The van der Waals surface area contributed by atoms with Crippen LogP contribution >= 0.6 is 39.0 Å². The molecule has 2 aromatic carbocycles. The van der Waals surface area contributed by atoms with Crippen molar-refractivity contribution in [2.24, 2.45) is 5.92 Å². The molecule has 5 nitrogen and oxygen atoms in total. The number of H-pyrrole nitrogens is 1. The van der Waals surface area contributed by atoms with Crippen molar-refractivity contribution in [3.8, 4) is 0 Å². The van der Waals surface area contributed by atoms with E-state index in [1.54, 1.807) is 12.1 Å². The molecule has 3 atom stereocenters. The smallest absolute Gasteiger partial charge is 0.305 e.